The predicted octanol–water partition coefficient (Wildman–Crippen LogP) is 2.77. The Morgan fingerprint density at radius 1 is 1.33 bits per heavy atom. The average molecular weight is 350 g/mol. The van der Waals surface area contributed by atoms with Crippen LogP contribution in [0.4, 0.5) is 4.39 Å². The van der Waals surface area contributed by atoms with Crippen molar-refractivity contribution < 1.29 is 9.13 Å². The van der Waals surface area contributed by atoms with Crippen molar-refractivity contribution in [3.05, 3.63) is 46.2 Å². The van der Waals surface area contributed by atoms with Crippen LogP contribution in [0.25, 0.3) is 0 Å². The number of aryl methyl sites for hydroxylation is 1. The quantitative estimate of drug-likeness (QED) is 0.595. The molecule has 130 valence electrons. The zero-order chi connectivity index (χ0) is 17.4. The Balaban J connectivity index is 1.69. The maximum absolute atomic E-state index is 12.9. The first-order chi connectivity index (χ1) is 11.6. The third-order valence-corrected chi connectivity index (χ3v) is 4.09. The molecule has 2 aromatic rings. The number of aromatic nitrogens is 1. The lowest BCUT2D eigenvalue weighted by atomic mass is 10.3. The van der Waals surface area contributed by atoms with E-state index in [9.17, 15) is 4.39 Å². The molecule has 0 aliphatic rings. The molecule has 0 fully saturated rings. The van der Waals surface area contributed by atoms with Crippen molar-refractivity contribution >= 4 is 17.3 Å². The van der Waals surface area contributed by atoms with Gasteiger partial charge in [-0.2, -0.15) is 0 Å². The van der Waals surface area contributed by atoms with E-state index in [4.69, 9.17) is 4.74 Å². The minimum Gasteiger partial charge on any atom is -0.489 e. The van der Waals surface area contributed by atoms with Crippen LogP contribution >= 0.6 is 11.3 Å². The fraction of sp³-hybridized carbons (Fsp3) is 0.412. The SMILES string of the molecule is CN=C(NCCc1csc(C)n1)NCC(C)Oc1ccc(F)cc1. The minimum absolute atomic E-state index is 0.0739. The topological polar surface area (TPSA) is 58.5 Å². The Morgan fingerprint density at radius 3 is 2.71 bits per heavy atom. The number of halogens is 1. The highest BCUT2D eigenvalue weighted by atomic mass is 32.1. The van der Waals surface area contributed by atoms with Crippen molar-refractivity contribution in [2.45, 2.75) is 26.4 Å². The van der Waals surface area contributed by atoms with E-state index in [0.29, 0.717) is 12.3 Å². The molecule has 0 aliphatic carbocycles. The van der Waals surface area contributed by atoms with Gasteiger partial charge in [0.15, 0.2) is 5.96 Å². The fourth-order valence-electron chi connectivity index (χ4n) is 2.08. The average Bonchev–Trinajstić information content (AvgIpc) is 2.98. The summed E-state index contributed by atoms with van der Waals surface area (Å²) >= 11 is 1.66. The number of ether oxygens (including phenoxy) is 1. The van der Waals surface area contributed by atoms with E-state index in [1.165, 1.54) is 12.1 Å². The number of hydrogen-bond acceptors (Lipinski definition) is 4. The van der Waals surface area contributed by atoms with E-state index < -0.39 is 0 Å². The second-order valence-corrected chi connectivity index (χ2v) is 6.43. The number of nitrogens with one attached hydrogen (secondary N) is 2. The number of aliphatic imine (C=N–C) groups is 1. The Labute approximate surface area is 146 Å². The van der Waals surface area contributed by atoms with Crippen LogP contribution in [0.2, 0.25) is 0 Å². The molecule has 0 amide bonds. The van der Waals surface area contributed by atoms with Crippen LogP contribution in [0.5, 0.6) is 5.75 Å². The molecule has 0 saturated carbocycles. The van der Waals surface area contributed by atoms with Crippen LogP contribution in [-0.4, -0.2) is 37.2 Å². The van der Waals surface area contributed by atoms with Gasteiger partial charge in [-0.15, -0.1) is 11.3 Å². The molecule has 2 rings (SSSR count). The Hall–Kier alpha value is -2.15. The molecule has 5 nitrogen and oxygen atoms in total. The summed E-state index contributed by atoms with van der Waals surface area (Å²) in [6, 6.07) is 6.01. The second kappa shape index (κ2) is 9.22. The van der Waals surface area contributed by atoms with Crippen molar-refractivity contribution in [1.82, 2.24) is 15.6 Å². The first-order valence-corrected chi connectivity index (χ1v) is 8.72. The number of hydrogen-bond donors (Lipinski definition) is 2. The lowest BCUT2D eigenvalue weighted by molar-refractivity contribution is 0.223. The van der Waals surface area contributed by atoms with Crippen molar-refractivity contribution in [2.75, 3.05) is 20.1 Å². The van der Waals surface area contributed by atoms with Crippen molar-refractivity contribution in [3.8, 4) is 5.75 Å². The Bertz CT molecular complexity index is 657. The third kappa shape index (κ3) is 6.16. The summed E-state index contributed by atoms with van der Waals surface area (Å²) in [4.78, 5) is 8.62. The zero-order valence-electron chi connectivity index (χ0n) is 14.2. The minimum atomic E-state index is -0.270. The van der Waals surface area contributed by atoms with Crippen LogP contribution in [0.1, 0.15) is 17.6 Å². The number of thiazole rings is 1. The van der Waals surface area contributed by atoms with E-state index in [2.05, 4.69) is 26.0 Å². The first-order valence-electron chi connectivity index (χ1n) is 7.84. The van der Waals surface area contributed by atoms with Gasteiger partial charge in [-0.05, 0) is 38.1 Å². The predicted molar refractivity (Wildman–Crippen MR) is 96.4 cm³/mol. The molecule has 1 heterocycles. The summed E-state index contributed by atoms with van der Waals surface area (Å²) in [5.74, 6) is 1.09. The van der Waals surface area contributed by atoms with Crippen molar-refractivity contribution in [1.29, 1.82) is 0 Å². The van der Waals surface area contributed by atoms with Crippen LogP contribution in [0, 0.1) is 12.7 Å². The number of benzene rings is 1. The van der Waals surface area contributed by atoms with Crippen molar-refractivity contribution in [3.63, 3.8) is 0 Å². The number of nitrogens with zero attached hydrogens (tertiary/aromatic N) is 2. The Morgan fingerprint density at radius 2 is 2.08 bits per heavy atom. The Kier molecular flexibility index (Phi) is 6.99. The lowest BCUT2D eigenvalue weighted by Crippen LogP contribution is -2.42. The third-order valence-electron chi connectivity index (χ3n) is 3.27. The van der Waals surface area contributed by atoms with E-state index in [1.807, 2.05) is 13.8 Å². The molecular formula is C17H23FN4OS. The van der Waals surface area contributed by atoms with Crippen molar-refractivity contribution in [2.24, 2.45) is 4.99 Å². The summed E-state index contributed by atoms with van der Waals surface area (Å²) in [6.07, 6.45) is 0.780. The van der Waals surface area contributed by atoms with Gasteiger partial charge in [0.1, 0.15) is 17.7 Å². The van der Waals surface area contributed by atoms with Gasteiger partial charge >= 0.3 is 0 Å². The van der Waals surface area contributed by atoms with Gasteiger partial charge < -0.3 is 15.4 Å². The van der Waals surface area contributed by atoms with Gasteiger partial charge in [0.25, 0.3) is 0 Å². The number of rotatable bonds is 7. The first kappa shape index (κ1) is 18.2. The molecule has 1 unspecified atom stereocenters. The molecule has 1 aromatic heterocycles. The van der Waals surface area contributed by atoms with E-state index >= 15 is 0 Å². The molecule has 24 heavy (non-hydrogen) atoms. The summed E-state index contributed by atoms with van der Waals surface area (Å²) in [5, 5.41) is 9.62. The largest absolute Gasteiger partial charge is 0.489 e. The zero-order valence-corrected chi connectivity index (χ0v) is 15.0. The molecule has 0 aliphatic heterocycles. The lowest BCUT2D eigenvalue weighted by Gasteiger charge is -2.17. The van der Waals surface area contributed by atoms with Crippen LogP contribution < -0.4 is 15.4 Å². The van der Waals surface area contributed by atoms with Gasteiger partial charge in [0, 0.05) is 25.4 Å². The normalized spacial score (nSPS) is 12.8. The van der Waals surface area contributed by atoms with Crippen LogP contribution in [0.3, 0.4) is 0 Å². The fourth-order valence-corrected chi connectivity index (χ4v) is 2.73. The standard InChI is InChI=1S/C17H23FN4OS/c1-12(23-16-6-4-14(18)5-7-16)10-21-17(19-3)20-9-8-15-11-24-13(2)22-15/h4-7,11-12H,8-10H2,1-3H3,(H2,19,20,21). The van der Waals surface area contributed by atoms with Gasteiger partial charge in [0.05, 0.1) is 17.2 Å². The summed E-state index contributed by atoms with van der Waals surface area (Å²) in [5.41, 5.74) is 1.09. The maximum atomic E-state index is 12.9. The van der Waals surface area contributed by atoms with E-state index in [-0.39, 0.29) is 11.9 Å². The maximum Gasteiger partial charge on any atom is 0.191 e. The monoisotopic (exact) mass is 350 g/mol. The summed E-state index contributed by atoms with van der Waals surface area (Å²) in [6.45, 7) is 5.30. The van der Waals surface area contributed by atoms with Gasteiger partial charge in [0.2, 0.25) is 0 Å². The van der Waals surface area contributed by atoms with Gasteiger partial charge in [-0.25, -0.2) is 9.37 Å². The second-order valence-electron chi connectivity index (χ2n) is 5.37. The van der Waals surface area contributed by atoms with E-state index in [0.717, 1.165) is 29.6 Å². The summed E-state index contributed by atoms with van der Waals surface area (Å²) in [7, 11) is 1.73. The van der Waals surface area contributed by atoms with E-state index in [1.54, 1.807) is 30.5 Å². The molecule has 1 aromatic carbocycles. The highest BCUT2D eigenvalue weighted by Gasteiger charge is 2.06. The molecule has 0 spiro atoms. The molecule has 7 heteroatoms. The molecule has 0 bridgehead atoms. The molecule has 1 atom stereocenters. The highest BCUT2D eigenvalue weighted by molar-refractivity contribution is 7.09. The summed E-state index contributed by atoms with van der Waals surface area (Å²) < 4.78 is 18.6. The molecule has 0 saturated heterocycles. The van der Waals surface area contributed by atoms with Gasteiger partial charge in [-0.1, -0.05) is 0 Å². The highest BCUT2D eigenvalue weighted by Crippen LogP contribution is 2.12. The van der Waals surface area contributed by atoms with Gasteiger partial charge in [-0.3, -0.25) is 4.99 Å². The number of guanidine groups is 1. The molecule has 0 radical (unpaired) electrons. The molecular weight excluding hydrogens is 327 g/mol. The van der Waals surface area contributed by atoms with Crippen LogP contribution in [0.15, 0.2) is 34.6 Å². The molecule has 2 N–H and O–H groups in total. The smallest absolute Gasteiger partial charge is 0.191 e. The van der Waals surface area contributed by atoms with Crippen LogP contribution in [-0.2, 0) is 6.42 Å².